The molecule has 4 heteroatoms. The molecule has 48 heavy (non-hydrogen) atoms. The summed E-state index contributed by atoms with van der Waals surface area (Å²) in [6.07, 6.45) is 21.2. The lowest BCUT2D eigenvalue weighted by atomic mass is 9.96. The Labute approximate surface area is 289 Å². The Balaban J connectivity index is 0.000000396. The molecule has 4 aromatic rings. The van der Waals surface area contributed by atoms with Crippen LogP contribution in [0.3, 0.4) is 0 Å². The van der Waals surface area contributed by atoms with E-state index in [9.17, 15) is 20.4 Å². The van der Waals surface area contributed by atoms with Gasteiger partial charge in [0.15, 0.2) is 0 Å². The summed E-state index contributed by atoms with van der Waals surface area (Å²) < 4.78 is 0. The minimum absolute atomic E-state index is 0. The van der Waals surface area contributed by atoms with E-state index < -0.39 is 0 Å². The summed E-state index contributed by atoms with van der Waals surface area (Å²) in [7, 11) is 0. The maximum Gasteiger partial charge on any atom is 0.122 e. The number of hydrogen-bond acceptors (Lipinski definition) is 4. The van der Waals surface area contributed by atoms with Crippen LogP contribution in [0.5, 0.6) is 23.0 Å². The van der Waals surface area contributed by atoms with E-state index in [0.29, 0.717) is 35.8 Å². The Hall–Kier alpha value is -4.96. The maximum absolute atomic E-state index is 10.5. The third kappa shape index (κ3) is 12.3. The third-order valence-corrected chi connectivity index (χ3v) is 7.84. The van der Waals surface area contributed by atoms with Gasteiger partial charge in [-0.25, -0.2) is 0 Å². The Kier molecular flexibility index (Phi) is 18.6. The molecule has 0 amide bonds. The van der Waals surface area contributed by atoms with Crippen molar-refractivity contribution in [3.63, 3.8) is 0 Å². The van der Waals surface area contributed by atoms with Gasteiger partial charge < -0.3 is 20.4 Å². The van der Waals surface area contributed by atoms with Gasteiger partial charge in [-0.2, -0.15) is 0 Å². The molecule has 0 radical (unpaired) electrons. The highest BCUT2D eigenvalue weighted by molar-refractivity contribution is 5.49. The average molecular weight is 649 g/mol. The van der Waals surface area contributed by atoms with Gasteiger partial charge >= 0.3 is 0 Å². The van der Waals surface area contributed by atoms with Crippen LogP contribution in [0.1, 0.15) is 86.1 Å². The normalized spacial score (nSPS) is 13.4. The van der Waals surface area contributed by atoms with Crippen LogP contribution in [0.2, 0.25) is 0 Å². The third-order valence-electron chi connectivity index (χ3n) is 7.84. The van der Waals surface area contributed by atoms with E-state index in [1.807, 2.05) is 100 Å². The van der Waals surface area contributed by atoms with E-state index in [1.54, 1.807) is 0 Å². The van der Waals surface area contributed by atoms with Gasteiger partial charge in [-0.3, -0.25) is 0 Å². The molecule has 0 saturated carbocycles. The molecule has 4 nitrogen and oxygen atoms in total. The number of allylic oxidation sites excluding steroid dienone is 8. The van der Waals surface area contributed by atoms with Crippen LogP contribution >= 0.6 is 0 Å². The first kappa shape index (κ1) is 41.1. The summed E-state index contributed by atoms with van der Waals surface area (Å²) in [6.45, 7) is 7.80. The zero-order valence-electron chi connectivity index (χ0n) is 27.6. The molecular formula is C44H56O4. The summed E-state index contributed by atoms with van der Waals surface area (Å²) in [5, 5.41) is 40.8. The molecule has 4 N–H and O–H groups in total. The lowest BCUT2D eigenvalue weighted by Gasteiger charge is -2.12. The van der Waals surface area contributed by atoms with E-state index in [1.165, 1.54) is 0 Å². The van der Waals surface area contributed by atoms with E-state index in [0.717, 1.165) is 70.2 Å². The van der Waals surface area contributed by atoms with Gasteiger partial charge in [-0.1, -0.05) is 136 Å². The SMILES string of the molecule is C.C.CC=CCC=CC.Cc1cccc(Cc2cccc(C)c2O)c1O.Oc1c2cccc1Cc1cccc(c1O)C/C=C\C/C=C\C2. The zero-order valence-corrected chi connectivity index (χ0v) is 27.6. The Bertz CT molecular complexity index is 1550. The molecule has 0 heterocycles. The molecule has 0 aliphatic heterocycles. The first-order valence-electron chi connectivity index (χ1n) is 15.9. The molecule has 0 saturated heterocycles. The highest BCUT2D eigenvalue weighted by Crippen LogP contribution is 2.31. The minimum atomic E-state index is 0. The molecule has 0 fully saturated rings. The molecule has 0 atom stereocenters. The van der Waals surface area contributed by atoms with E-state index in [4.69, 9.17) is 0 Å². The Morgan fingerprint density at radius 2 is 0.917 bits per heavy atom. The topological polar surface area (TPSA) is 80.9 Å². The highest BCUT2D eigenvalue weighted by Gasteiger charge is 2.12. The molecule has 0 unspecified atom stereocenters. The van der Waals surface area contributed by atoms with Gasteiger partial charge in [0, 0.05) is 12.8 Å². The fraction of sp³-hybridized carbons (Fsp3) is 0.273. The second kappa shape index (κ2) is 21.8. The predicted octanol–water partition coefficient (Wildman–Crippen LogP) is 11.4. The standard InChI is InChI=1S/C20H20O2.C15H16O2.C7H12.2CH4/c21-19-15-8-4-2-1-3-5-9-16-11-7-13-18(20(16)22)14-17(19)12-6-10-15;1-10-5-3-7-12(14(10)16)9-13-8-4-6-11(2)15(13)17;1-3-5-7-6-4-2;;/h2-7,10-13,21-22H,1,8-9,14H2;3-8,16-17H,9H2,1-2H3;3-6H,7H2,1-2H3;2*1H4/b4-2-,5-3-;;;;. The second-order valence-corrected chi connectivity index (χ2v) is 11.3. The van der Waals surface area contributed by atoms with Crippen LogP contribution in [0.15, 0.2) is 121 Å². The Morgan fingerprint density at radius 3 is 1.33 bits per heavy atom. The molecule has 4 aromatic carbocycles. The molecular weight excluding hydrogens is 592 g/mol. The average Bonchev–Trinajstić information content (AvgIpc) is 3.05. The minimum Gasteiger partial charge on any atom is -0.507 e. The number of aromatic hydroxyl groups is 4. The number of fused-ring (bicyclic) bond motifs is 4. The van der Waals surface area contributed by atoms with Crippen molar-refractivity contribution in [1.29, 1.82) is 0 Å². The number of hydrogen-bond donors (Lipinski definition) is 4. The number of phenols is 4. The highest BCUT2D eigenvalue weighted by atomic mass is 16.3. The van der Waals surface area contributed by atoms with E-state index in [-0.39, 0.29) is 14.9 Å². The fourth-order valence-electron chi connectivity index (χ4n) is 5.08. The monoisotopic (exact) mass is 648 g/mol. The second-order valence-electron chi connectivity index (χ2n) is 11.3. The van der Waals surface area contributed by atoms with Gasteiger partial charge in [-0.15, -0.1) is 0 Å². The van der Waals surface area contributed by atoms with Gasteiger partial charge in [-0.05, 0) is 97.9 Å². The number of benzene rings is 4. The molecule has 0 spiro atoms. The molecule has 0 aromatic heterocycles. The van der Waals surface area contributed by atoms with Crippen molar-refractivity contribution in [2.75, 3.05) is 0 Å². The van der Waals surface area contributed by atoms with Crippen LogP contribution in [-0.2, 0) is 25.7 Å². The van der Waals surface area contributed by atoms with Gasteiger partial charge in [0.2, 0.25) is 0 Å². The summed E-state index contributed by atoms with van der Waals surface area (Å²) in [5.74, 6) is 1.30. The number of phenolic OH excluding ortho intramolecular Hbond substituents is 4. The predicted molar refractivity (Wildman–Crippen MR) is 206 cm³/mol. The largest absolute Gasteiger partial charge is 0.507 e. The van der Waals surface area contributed by atoms with Crippen LogP contribution in [0.25, 0.3) is 0 Å². The van der Waals surface area contributed by atoms with Crippen LogP contribution in [0.4, 0.5) is 0 Å². The lowest BCUT2D eigenvalue weighted by Crippen LogP contribution is -1.95. The van der Waals surface area contributed by atoms with Crippen molar-refractivity contribution in [3.05, 3.63) is 166 Å². The van der Waals surface area contributed by atoms with E-state index in [2.05, 4.69) is 48.6 Å². The van der Waals surface area contributed by atoms with Crippen LogP contribution < -0.4 is 0 Å². The number of aryl methyl sites for hydroxylation is 2. The number of para-hydroxylation sites is 4. The van der Waals surface area contributed by atoms with Gasteiger partial charge in [0.05, 0.1) is 0 Å². The lowest BCUT2D eigenvalue weighted by molar-refractivity contribution is 0.457. The van der Waals surface area contributed by atoms with Crippen molar-refractivity contribution in [1.82, 2.24) is 0 Å². The van der Waals surface area contributed by atoms with Crippen LogP contribution in [0, 0.1) is 13.8 Å². The maximum atomic E-state index is 10.5. The molecule has 5 rings (SSSR count). The van der Waals surface area contributed by atoms with Crippen molar-refractivity contribution in [2.24, 2.45) is 0 Å². The zero-order chi connectivity index (χ0) is 33.3. The smallest absolute Gasteiger partial charge is 0.122 e. The van der Waals surface area contributed by atoms with Crippen molar-refractivity contribution >= 4 is 0 Å². The first-order chi connectivity index (χ1) is 22.3. The quantitative estimate of drug-likeness (QED) is 0.166. The van der Waals surface area contributed by atoms with Gasteiger partial charge in [0.25, 0.3) is 0 Å². The van der Waals surface area contributed by atoms with Crippen molar-refractivity contribution in [2.45, 2.75) is 81.1 Å². The molecule has 1 aliphatic carbocycles. The van der Waals surface area contributed by atoms with Crippen molar-refractivity contribution in [3.8, 4) is 23.0 Å². The fourth-order valence-corrected chi connectivity index (χ4v) is 5.08. The first-order valence-corrected chi connectivity index (χ1v) is 15.9. The number of rotatable bonds is 4. The molecule has 1 aliphatic rings. The Morgan fingerprint density at radius 1 is 0.521 bits per heavy atom. The van der Waals surface area contributed by atoms with Crippen molar-refractivity contribution < 1.29 is 20.4 Å². The molecule has 4 bridgehead atoms. The molecule has 256 valence electrons. The van der Waals surface area contributed by atoms with Crippen LogP contribution in [-0.4, -0.2) is 20.4 Å². The summed E-state index contributed by atoms with van der Waals surface area (Å²) >= 11 is 0. The van der Waals surface area contributed by atoms with Gasteiger partial charge in [0.1, 0.15) is 23.0 Å². The summed E-state index contributed by atoms with van der Waals surface area (Å²) in [5.41, 5.74) is 6.94. The summed E-state index contributed by atoms with van der Waals surface area (Å²) in [6, 6.07) is 23.0. The van der Waals surface area contributed by atoms with E-state index >= 15 is 0 Å². The summed E-state index contributed by atoms with van der Waals surface area (Å²) in [4.78, 5) is 0.